The molecule has 12 heteroatoms. The van der Waals surface area contributed by atoms with Gasteiger partial charge < -0.3 is 9.84 Å². The van der Waals surface area contributed by atoms with E-state index in [1.54, 1.807) is 56.3 Å². The summed E-state index contributed by atoms with van der Waals surface area (Å²) in [5.41, 5.74) is 1.11. The number of benzene rings is 2. The summed E-state index contributed by atoms with van der Waals surface area (Å²) in [6.07, 6.45) is 1.56. The maximum atomic E-state index is 13.7. The number of aromatic nitrogens is 1. The second-order valence-electron chi connectivity index (χ2n) is 7.88. The molecule has 0 saturated carbocycles. The van der Waals surface area contributed by atoms with Crippen LogP contribution in [0.2, 0.25) is 5.02 Å². The van der Waals surface area contributed by atoms with Crippen LogP contribution >= 0.6 is 34.7 Å². The van der Waals surface area contributed by atoms with Gasteiger partial charge in [0.05, 0.1) is 38.8 Å². The Hall–Kier alpha value is -3.25. The van der Waals surface area contributed by atoms with Gasteiger partial charge in [-0.3, -0.25) is 19.5 Å². The number of esters is 1. The Morgan fingerprint density at radius 1 is 1.35 bits per heavy atom. The molecule has 0 bridgehead atoms. The first-order chi connectivity index (χ1) is 17.8. The molecule has 1 unspecified atom stereocenters. The fourth-order valence-electron chi connectivity index (χ4n) is 3.98. The number of fused-ring (bicyclic) bond motifs is 1. The molecular formula is C25H22ClN3O6S2. The molecule has 0 spiro atoms. The summed E-state index contributed by atoms with van der Waals surface area (Å²) in [5, 5.41) is 21.0. The van der Waals surface area contributed by atoms with Crippen LogP contribution in [0.3, 0.4) is 0 Å². The molecule has 0 fully saturated rings. The summed E-state index contributed by atoms with van der Waals surface area (Å²) in [7, 11) is 0. The maximum Gasteiger partial charge on any atom is 0.338 e. The number of carbonyl (C=O) groups excluding carboxylic acids is 1. The zero-order chi connectivity index (χ0) is 26.7. The summed E-state index contributed by atoms with van der Waals surface area (Å²) in [6.45, 7) is 3.42. The third-order valence-corrected chi connectivity index (χ3v) is 7.91. The van der Waals surface area contributed by atoms with Crippen molar-refractivity contribution in [2.24, 2.45) is 4.99 Å². The van der Waals surface area contributed by atoms with Crippen molar-refractivity contribution in [3.63, 3.8) is 0 Å². The van der Waals surface area contributed by atoms with Gasteiger partial charge in [-0.2, -0.15) is 0 Å². The maximum absolute atomic E-state index is 13.7. The van der Waals surface area contributed by atoms with Gasteiger partial charge in [0, 0.05) is 16.8 Å². The Morgan fingerprint density at radius 2 is 2.11 bits per heavy atom. The lowest BCUT2D eigenvalue weighted by Gasteiger charge is -2.25. The van der Waals surface area contributed by atoms with Crippen LogP contribution in [0, 0.1) is 10.1 Å². The third-order valence-electron chi connectivity index (χ3n) is 5.54. The Labute approximate surface area is 224 Å². The average Bonchev–Trinajstić information content (AvgIpc) is 3.17. The summed E-state index contributed by atoms with van der Waals surface area (Å²) < 4.78 is 6.98. The van der Waals surface area contributed by atoms with Crippen LogP contribution in [0.5, 0.6) is 0 Å². The van der Waals surface area contributed by atoms with Crippen LogP contribution in [0.1, 0.15) is 31.0 Å². The number of hydrogen-bond donors (Lipinski definition) is 1. The highest BCUT2D eigenvalue weighted by atomic mass is 35.5. The van der Waals surface area contributed by atoms with Crippen LogP contribution in [0.4, 0.5) is 5.69 Å². The van der Waals surface area contributed by atoms with E-state index in [1.807, 2.05) is 0 Å². The number of aliphatic hydroxyl groups excluding tert-OH is 1. The molecule has 4 rings (SSSR count). The van der Waals surface area contributed by atoms with E-state index < -0.39 is 22.5 Å². The van der Waals surface area contributed by atoms with Crippen molar-refractivity contribution in [3.05, 3.63) is 99.7 Å². The largest absolute Gasteiger partial charge is 0.463 e. The van der Waals surface area contributed by atoms with Gasteiger partial charge in [0.25, 0.3) is 11.2 Å². The van der Waals surface area contributed by atoms with E-state index in [0.29, 0.717) is 41.8 Å². The zero-order valence-electron chi connectivity index (χ0n) is 19.8. The number of thiazole rings is 1. The topological polar surface area (TPSA) is 124 Å². The standard InChI is InChI=1S/C25H22ClN3O6S2/c1-3-35-24(32)21-14(2)27-25-28(22(21)16-6-4-5-7-17(16)26)23(31)20(37-25)13-15-8-9-19(36-11-10-30)18(12-15)29(33)34/h4-9,12-13,22,30H,3,10-11H2,1-2H3/b20-13+. The van der Waals surface area contributed by atoms with Gasteiger partial charge in [-0.05, 0) is 43.2 Å². The molecule has 192 valence electrons. The molecule has 0 saturated heterocycles. The van der Waals surface area contributed by atoms with Crippen molar-refractivity contribution < 1.29 is 19.6 Å². The lowest BCUT2D eigenvalue weighted by Crippen LogP contribution is -2.40. The van der Waals surface area contributed by atoms with Gasteiger partial charge in [-0.25, -0.2) is 9.79 Å². The third kappa shape index (κ3) is 5.40. The number of thioether (sulfide) groups is 1. The average molecular weight is 560 g/mol. The Balaban J connectivity index is 1.90. The van der Waals surface area contributed by atoms with Crippen LogP contribution in [0.25, 0.3) is 6.08 Å². The molecule has 1 atom stereocenters. The number of carbonyl (C=O) groups is 1. The molecule has 9 nitrogen and oxygen atoms in total. The number of ether oxygens (including phenoxy) is 1. The second-order valence-corrected chi connectivity index (χ2v) is 10.4. The smallest absolute Gasteiger partial charge is 0.338 e. The number of nitro groups is 1. The van der Waals surface area contributed by atoms with Crippen LogP contribution in [-0.2, 0) is 9.53 Å². The van der Waals surface area contributed by atoms with Crippen molar-refractivity contribution in [2.75, 3.05) is 19.0 Å². The number of allylic oxidation sites excluding steroid dienone is 1. The van der Waals surface area contributed by atoms with Crippen molar-refractivity contribution >= 4 is 52.4 Å². The Kier molecular flexibility index (Phi) is 8.28. The predicted octanol–water partition coefficient (Wildman–Crippen LogP) is 3.44. The minimum atomic E-state index is -0.849. The fourth-order valence-corrected chi connectivity index (χ4v) is 6.02. The Morgan fingerprint density at radius 3 is 2.78 bits per heavy atom. The molecule has 2 aromatic carbocycles. The van der Waals surface area contributed by atoms with Crippen molar-refractivity contribution in [2.45, 2.75) is 24.8 Å². The number of halogens is 1. The van der Waals surface area contributed by atoms with E-state index in [9.17, 15) is 19.7 Å². The fraction of sp³-hybridized carbons (Fsp3) is 0.240. The minimum absolute atomic E-state index is 0.107. The SMILES string of the molecule is CCOC(=O)C1=C(C)N=c2s/c(=C/c3ccc(SCCO)c([N+](=O)[O-])c3)c(=O)n2C1c1ccccc1Cl. The van der Waals surface area contributed by atoms with Crippen LogP contribution in [-0.4, -0.2) is 39.5 Å². The van der Waals surface area contributed by atoms with Crippen LogP contribution < -0.4 is 14.9 Å². The lowest BCUT2D eigenvalue weighted by molar-refractivity contribution is -0.387. The number of aliphatic hydroxyl groups is 1. The molecular weight excluding hydrogens is 538 g/mol. The summed E-state index contributed by atoms with van der Waals surface area (Å²) in [6, 6.07) is 10.8. The first-order valence-electron chi connectivity index (χ1n) is 11.2. The number of hydrogen-bond acceptors (Lipinski definition) is 9. The summed E-state index contributed by atoms with van der Waals surface area (Å²) in [5.74, 6) is -0.266. The van der Waals surface area contributed by atoms with E-state index >= 15 is 0 Å². The number of nitro benzene ring substituents is 1. The van der Waals surface area contributed by atoms with E-state index in [-0.39, 0.29) is 24.5 Å². The summed E-state index contributed by atoms with van der Waals surface area (Å²) in [4.78, 5) is 43.0. The first kappa shape index (κ1) is 26.8. The molecule has 1 aromatic heterocycles. The number of nitrogens with zero attached hydrogens (tertiary/aromatic N) is 3. The van der Waals surface area contributed by atoms with E-state index in [4.69, 9.17) is 21.4 Å². The molecule has 1 aliphatic rings. The normalized spacial score (nSPS) is 15.4. The molecule has 37 heavy (non-hydrogen) atoms. The first-order valence-corrected chi connectivity index (χ1v) is 13.4. The minimum Gasteiger partial charge on any atom is -0.463 e. The van der Waals surface area contributed by atoms with Gasteiger partial charge in [0.2, 0.25) is 0 Å². The lowest BCUT2D eigenvalue weighted by atomic mass is 9.96. The van der Waals surface area contributed by atoms with E-state index in [1.165, 1.54) is 22.4 Å². The quantitative estimate of drug-likeness (QED) is 0.194. The van der Waals surface area contributed by atoms with Crippen molar-refractivity contribution in [3.8, 4) is 0 Å². The van der Waals surface area contributed by atoms with Gasteiger partial charge >= 0.3 is 5.97 Å². The molecule has 0 amide bonds. The second kappa shape index (κ2) is 11.4. The molecule has 0 aliphatic carbocycles. The molecule has 1 aliphatic heterocycles. The Bertz CT molecular complexity index is 1590. The van der Waals surface area contributed by atoms with E-state index in [2.05, 4.69) is 4.99 Å². The van der Waals surface area contributed by atoms with Crippen molar-refractivity contribution in [1.82, 2.24) is 4.57 Å². The summed E-state index contributed by atoms with van der Waals surface area (Å²) >= 11 is 8.79. The van der Waals surface area contributed by atoms with E-state index in [0.717, 1.165) is 11.3 Å². The highest BCUT2D eigenvalue weighted by molar-refractivity contribution is 7.99. The molecule has 0 radical (unpaired) electrons. The van der Waals surface area contributed by atoms with Crippen LogP contribution in [0.15, 0.2) is 68.4 Å². The molecule has 1 N–H and O–H groups in total. The van der Waals surface area contributed by atoms with Gasteiger partial charge in [0.1, 0.15) is 6.04 Å². The predicted molar refractivity (Wildman–Crippen MR) is 143 cm³/mol. The molecule has 3 aromatic rings. The monoisotopic (exact) mass is 559 g/mol. The number of rotatable bonds is 8. The van der Waals surface area contributed by atoms with Crippen molar-refractivity contribution in [1.29, 1.82) is 0 Å². The molecule has 2 heterocycles. The highest BCUT2D eigenvalue weighted by Gasteiger charge is 2.34. The highest BCUT2D eigenvalue weighted by Crippen LogP contribution is 2.34. The van der Waals surface area contributed by atoms with Gasteiger partial charge in [0.15, 0.2) is 4.80 Å². The van der Waals surface area contributed by atoms with Gasteiger partial charge in [-0.15, -0.1) is 11.8 Å². The zero-order valence-corrected chi connectivity index (χ0v) is 22.2. The van der Waals surface area contributed by atoms with Gasteiger partial charge in [-0.1, -0.05) is 47.2 Å².